The van der Waals surface area contributed by atoms with E-state index in [0.717, 1.165) is 16.7 Å². The second-order valence-corrected chi connectivity index (χ2v) is 5.72. The number of aromatic carboxylic acids is 1. The summed E-state index contributed by atoms with van der Waals surface area (Å²) in [5.41, 5.74) is 0.0260. The Bertz CT molecular complexity index is 574. The summed E-state index contributed by atoms with van der Waals surface area (Å²) >= 11 is 1.08. The summed E-state index contributed by atoms with van der Waals surface area (Å²) in [6.45, 7) is 0.498. The third kappa shape index (κ3) is 3.43. The monoisotopic (exact) mass is 308 g/mol. The highest BCUT2D eigenvalue weighted by molar-refractivity contribution is 8.00. The van der Waals surface area contributed by atoms with Crippen LogP contribution in [0.4, 0.5) is 0 Å². The molecule has 1 aliphatic rings. The molecule has 0 unspecified atom stereocenters. The molecule has 0 spiro atoms. The maximum Gasteiger partial charge on any atom is 0.243 e. The van der Waals surface area contributed by atoms with E-state index in [1.807, 2.05) is 0 Å². The lowest BCUT2D eigenvalue weighted by Crippen LogP contribution is -2.34. The molecule has 0 radical (unpaired) electrons. The molecule has 0 aromatic heterocycles. The maximum absolute atomic E-state index is 12.2. The zero-order valence-corrected chi connectivity index (χ0v) is 12.2. The molecule has 6 nitrogen and oxygen atoms in total. The van der Waals surface area contributed by atoms with Gasteiger partial charge in [-0.25, -0.2) is 0 Å². The summed E-state index contributed by atoms with van der Waals surface area (Å²) in [5.74, 6) is -1.87. The number of carboxylic acids is 1. The molecule has 2 rings (SSSR count). The highest BCUT2D eigenvalue weighted by Gasteiger charge is 2.39. The van der Waals surface area contributed by atoms with Gasteiger partial charge in [-0.3, -0.25) is 14.5 Å². The van der Waals surface area contributed by atoms with Gasteiger partial charge in [0.1, 0.15) is 0 Å². The van der Waals surface area contributed by atoms with Gasteiger partial charge in [-0.05, 0) is 6.07 Å². The van der Waals surface area contributed by atoms with Crippen molar-refractivity contribution in [1.29, 1.82) is 0 Å². The predicted octanol–water partition coefficient (Wildman–Crippen LogP) is -0.0839. The first-order valence-electron chi connectivity index (χ1n) is 6.34. The van der Waals surface area contributed by atoms with Gasteiger partial charge in [0.05, 0.1) is 24.4 Å². The van der Waals surface area contributed by atoms with Crippen molar-refractivity contribution in [3.63, 3.8) is 0 Å². The van der Waals surface area contributed by atoms with Crippen molar-refractivity contribution in [2.75, 3.05) is 20.3 Å². The fourth-order valence-corrected chi connectivity index (χ4v) is 3.25. The Hall–Kier alpha value is -1.86. The topological polar surface area (TPSA) is 86.7 Å². The number of methoxy groups -OCH3 is 1. The minimum Gasteiger partial charge on any atom is -0.545 e. The number of ether oxygens (including phenoxy) is 1. The van der Waals surface area contributed by atoms with Crippen molar-refractivity contribution < 1.29 is 24.2 Å². The molecule has 1 saturated heterocycles. The molecule has 0 N–H and O–H groups in total. The average molecular weight is 308 g/mol. The number of nitrogens with zero attached hydrogens (tertiary/aromatic N) is 1. The summed E-state index contributed by atoms with van der Waals surface area (Å²) < 4.78 is 4.87. The van der Waals surface area contributed by atoms with Crippen LogP contribution >= 0.6 is 11.8 Å². The normalized spacial score (nSPS) is 18.3. The van der Waals surface area contributed by atoms with E-state index in [1.165, 1.54) is 13.2 Å². The molecule has 0 saturated carbocycles. The first kappa shape index (κ1) is 15.5. The number of likely N-dealkylation sites (tertiary alicyclic amines) is 1. The Kier molecular flexibility index (Phi) is 4.98. The van der Waals surface area contributed by atoms with Crippen LogP contribution in [0.5, 0.6) is 0 Å². The number of carbonyl (C=O) groups excluding carboxylic acids is 3. The van der Waals surface area contributed by atoms with E-state index >= 15 is 0 Å². The van der Waals surface area contributed by atoms with Crippen molar-refractivity contribution in [2.45, 2.75) is 16.6 Å². The van der Waals surface area contributed by atoms with E-state index in [-0.39, 0.29) is 37.0 Å². The van der Waals surface area contributed by atoms with Gasteiger partial charge in [-0.2, -0.15) is 0 Å². The summed E-state index contributed by atoms with van der Waals surface area (Å²) in [5, 5.41) is 10.4. The second-order valence-electron chi connectivity index (χ2n) is 4.47. The summed E-state index contributed by atoms with van der Waals surface area (Å²) in [6.07, 6.45) is 0.0641. The Morgan fingerprint density at radius 2 is 2.14 bits per heavy atom. The molecule has 1 aromatic rings. The van der Waals surface area contributed by atoms with Crippen LogP contribution < -0.4 is 5.11 Å². The van der Waals surface area contributed by atoms with Crippen molar-refractivity contribution in [1.82, 2.24) is 4.90 Å². The molecule has 2 amide bonds. The van der Waals surface area contributed by atoms with Crippen LogP contribution in [0.2, 0.25) is 0 Å². The molecule has 0 aliphatic carbocycles. The van der Waals surface area contributed by atoms with Gasteiger partial charge in [0.2, 0.25) is 11.8 Å². The number of thioether (sulfide) groups is 1. The molecule has 1 aliphatic heterocycles. The zero-order valence-electron chi connectivity index (χ0n) is 11.4. The molecule has 1 heterocycles. The summed E-state index contributed by atoms with van der Waals surface area (Å²) in [6, 6.07) is 6.29. The molecule has 1 atom stereocenters. The number of benzene rings is 1. The molecule has 21 heavy (non-hydrogen) atoms. The first-order chi connectivity index (χ1) is 10.0. The van der Waals surface area contributed by atoms with Crippen LogP contribution in [0, 0.1) is 0 Å². The third-order valence-electron chi connectivity index (χ3n) is 3.10. The van der Waals surface area contributed by atoms with E-state index in [1.54, 1.807) is 18.2 Å². The first-order valence-corrected chi connectivity index (χ1v) is 7.22. The molecule has 112 valence electrons. The van der Waals surface area contributed by atoms with Crippen LogP contribution in [-0.4, -0.2) is 48.2 Å². The Balaban J connectivity index is 2.13. The van der Waals surface area contributed by atoms with Gasteiger partial charge in [0.25, 0.3) is 0 Å². The van der Waals surface area contributed by atoms with Gasteiger partial charge >= 0.3 is 0 Å². The molecule has 7 heteroatoms. The third-order valence-corrected chi connectivity index (χ3v) is 4.36. The number of hydrogen-bond acceptors (Lipinski definition) is 6. The average Bonchev–Trinajstić information content (AvgIpc) is 2.72. The van der Waals surface area contributed by atoms with Crippen LogP contribution in [0.3, 0.4) is 0 Å². The van der Waals surface area contributed by atoms with Gasteiger partial charge in [0, 0.05) is 24.0 Å². The van der Waals surface area contributed by atoms with E-state index in [4.69, 9.17) is 4.74 Å². The number of carbonyl (C=O) groups is 3. The van der Waals surface area contributed by atoms with E-state index in [9.17, 15) is 19.5 Å². The van der Waals surface area contributed by atoms with Crippen molar-refractivity contribution >= 4 is 29.5 Å². The largest absolute Gasteiger partial charge is 0.545 e. The van der Waals surface area contributed by atoms with Crippen LogP contribution in [0.1, 0.15) is 16.8 Å². The lowest BCUT2D eigenvalue weighted by Gasteiger charge is -2.15. The van der Waals surface area contributed by atoms with E-state index < -0.39 is 11.2 Å². The Morgan fingerprint density at radius 1 is 1.43 bits per heavy atom. The van der Waals surface area contributed by atoms with Crippen LogP contribution in [0.25, 0.3) is 0 Å². The quantitative estimate of drug-likeness (QED) is 0.683. The molecule has 1 aromatic carbocycles. The van der Waals surface area contributed by atoms with Gasteiger partial charge < -0.3 is 14.6 Å². The number of imide groups is 1. The fourth-order valence-electron chi connectivity index (χ4n) is 2.05. The van der Waals surface area contributed by atoms with Crippen LogP contribution in [-0.2, 0) is 14.3 Å². The van der Waals surface area contributed by atoms with Gasteiger partial charge in [0.15, 0.2) is 0 Å². The Labute approximate surface area is 126 Å². The predicted molar refractivity (Wildman–Crippen MR) is 73.6 cm³/mol. The maximum atomic E-state index is 12.2. The van der Waals surface area contributed by atoms with E-state index in [0.29, 0.717) is 4.90 Å². The van der Waals surface area contributed by atoms with Gasteiger partial charge in [-0.1, -0.05) is 18.2 Å². The Morgan fingerprint density at radius 3 is 2.81 bits per heavy atom. The lowest BCUT2D eigenvalue weighted by molar-refractivity contribution is -0.255. The molecule has 1 fully saturated rings. The van der Waals surface area contributed by atoms with Crippen molar-refractivity contribution in [3.8, 4) is 0 Å². The SMILES string of the molecule is COCCN1C(=O)C[C@@H](Sc2ccccc2C(=O)[O-])C1=O. The smallest absolute Gasteiger partial charge is 0.243 e. The molecular formula is C14H14NO5S-. The fraction of sp³-hybridized carbons (Fsp3) is 0.357. The lowest BCUT2D eigenvalue weighted by atomic mass is 10.2. The van der Waals surface area contributed by atoms with Gasteiger partial charge in [-0.15, -0.1) is 11.8 Å². The number of rotatable bonds is 6. The molecule has 0 bridgehead atoms. The van der Waals surface area contributed by atoms with Crippen molar-refractivity contribution in [3.05, 3.63) is 29.8 Å². The van der Waals surface area contributed by atoms with Crippen molar-refractivity contribution in [2.24, 2.45) is 0 Å². The zero-order chi connectivity index (χ0) is 15.4. The second kappa shape index (κ2) is 6.73. The van der Waals surface area contributed by atoms with Crippen LogP contribution in [0.15, 0.2) is 29.2 Å². The number of amides is 2. The highest BCUT2D eigenvalue weighted by Crippen LogP contribution is 2.33. The standard InChI is InChI=1S/C14H15NO5S/c1-20-7-6-15-12(16)8-11(13(15)17)21-10-5-3-2-4-9(10)14(18)19/h2-5,11H,6-8H2,1H3,(H,18,19)/p-1/t11-/m1/s1. The van der Waals surface area contributed by atoms with E-state index in [2.05, 4.69) is 0 Å². The molecular weight excluding hydrogens is 294 g/mol. The minimum absolute atomic E-state index is 0.0260. The summed E-state index contributed by atoms with van der Waals surface area (Å²) in [4.78, 5) is 36.6. The minimum atomic E-state index is -1.30. The number of carboxylic acid groups (broad SMARTS) is 1. The highest BCUT2D eigenvalue weighted by atomic mass is 32.2. The number of hydrogen-bond donors (Lipinski definition) is 0. The summed E-state index contributed by atoms with van der Waals surface area (Å²) in [7, 11) is 1.49.